The molecule has 0 fully saturated rings. The van der Waals surface area contributed by atoms with Crippen molar-refractivity contribution in [2.24, 2.45) is 5.73 Å². The first-order valence-electron chi connectivity index (χ1n) is 10.4. The number of nitrogens with one attached hydrogen (secondary N) is 1. The van der Waals surface area contributed by atoms with Crippen molar-refractivity contribution in [1.82, 2.24) is 14.5 Å². The van der Waals surface area contributed by atoms with Crippen molar-refractivity contribution >= 4 is 11.6 Å². The molecule has 1 unspecified atom stereocenters. The molecule has 31 heavy (non-hydrogen) atoms. The molecule has 2 heterocycles. The fraction of sp³-hybridized carbons (Fsp3) is 0.160. The second-order valence-electron chi connectivity index (χ2n) is 7.41. The van der Waals surface area contributed by atoms with E-state index in [0.717, 1.165) is 41.2 Å². The summed E-state index contributed by atoms with van der Waals surface area (Å²) >= 11 is 0. The topological polar surface area (TPSA) is 85.8 Å². The van der Waals surface area contributed by atoms with Crippen LogP contribution in [-0.4, -0.2) is 20.4 Å². The molecule has 0 saturated carbocycles. The first-order chi connectivity index (χ1) is 15.1. The Labute approximate surface area is 181 Å². The van der Waals surface area contributed by atoms with Crippen molar-refractivity contribution in [2.75, 3.05) is 5.32 Å². The highest BCUT2D eigenvalue weighted by molar-refractivity contribution is 5.92. The van der Waals surface area contributed by atoms with Crippen LogP contribution >= 0.6 is 0 Å². The van der Waals surface area contributed by atoms with Crippen LogP contribution in [-0.2, 0) is 0 Å². The van der Waals surface area contributed by atoms with E-state index in [1.807, 2.05) is 71.6 Å². The van der Waals surface area contributed by atoms with E-state index in [9.17, 15) is 4.79 Å². The number of benzene rings is 2. The molecule has 0 spiro atoms. The van der Waals surface area contributed by atoms with E-state index >= 15 is 0 Å². The highest BCUT2D eigenvalue weighted by atomic mass is 16.1. The molecule has 3 N–H and O–H groups in total. The second kappa shape index (κ2) is 9.26. The minimum absolute atomic E-state index is 0.123. The van der Waals surface area contributed by atoms with Gasteiger partial charge in [0.05, 0.1) is 23.6 Å². The molecule has 2 aromatic carbocycles. The summed E-state index contributed by atoms with van der Waals surface area (Å²) in [6.07, 6.45) is 7.57. The SMILES string of the molecule is CCCC(Nc1ccc(-n2cnc(-c3ccccc3)c2)nc1)c1ccc(C(N)=O)cc1. The summed E-state index contributed by atoms with van der Waals surface area (Å²) in [5.41, 5.74) is 9.89. The van der Waals surface area contributed by atoms with Gasteiger partial charge in [0.25, 0.3) is 0 Å². The summed E-state index contributed by atoms with van der Waals surface area (Å²) in [6, 6.07) is 21.6. The Kier molecular flexibility index (Phi) is 6.08. The average molecular weight is 412 g/mol. The quantitative estimate of drug-likeness (QED) is 0.428. The lowest BCUT2D eigenvalue weighted by Crippen LogP contribution is -2.13. The number of hydrogen-bond acceptors (Lipinski definition) is 4. The van der Waals surface area contributed by atoms with E-state index in [2.05, 4.69) is 22.2 Å². The van der Waals surface area contributed by atoms with Gasteiger partial charge in [-0.2, -0.15) is 0 Å². The van der Waals surface area contributed by atoms with Gasteiger partial charge in [0.2, 0.25) is 5.91 Å². The van der Waals surface area contributed by atoms with Crippen molar-refractivity contribution in [3.63, 3.8) is 0 Å². The summed E-state index contributed by atoms with van der Waals surface area (Å²) < 4.78 is 1.91. The van der Waals surface area contributed by atoms with Gasteiger partial charge in [-0.15, -0.1) is 0 Å². The third-order valence-corrected chi connectivity index (χ3v) is 5.18. The van der Waals surface area contributed by atoms with Gasteiger partial charge in [0.1, 0.15) is 12.1 Å². The van der Waals surface area contributed by atoms with E-state index in [1.54, 1.807) is 18.5 Å². The molecule has 0 bridgehead atoms. The molecule has 156 valence electrons. The molecular weight excluding hydrogens is 386 g/mol. The number of nitrogens with two attached hydrogens (primary N) is 1. The van der Waals surface area contributed by atoms with Crippen molar-refractivity contribution in [3.8, 4) is 17.1 Å². The minimum atomic E-state index is -0.415. The van der Waals surface area contributed by atoms with E-state index in [-0.39, 0.29) is 6.04 Å². The predicted molar refractivity (Wildman–Crippen MR) is 123 cm³/mol. The molecule has 0 aliphatic carbocycles. The fourth-order valence-electron chi connectivity index (χ4n) is 3.52. The summed E-state index contributed by atoms with van der Waals surface area (Å²) in [5.74, 6) is 0.388. The fourth-order valence-corrected chi connectivity index (χ4v) is 3.52. The molecule has 6 nitrogen and oxygen atoms in total. The number of aromatic nitrogens is 3. The Balaban J connectivity index is 1.49. The Bertz CT molecular complexity index is 1130. The third-order valence-electron chi connectivity index (χ3n) is 5.18. The van der Waals surface area contributed by atoms with Crippen molar-refractivity contribution in [3.05, 3.63) is 96.6 Å². The second-order valence-corrected chi connectivity index (χ2v) is 7.41. The summed E-state index contributed by atoms with van der Waals surface area (Å²) in [7, 11) is 0. The summed E-state index contributed by atoms with van der Waals surface area (Å²) in [5, 5.41) is 3.55. The van der Waals surface area contributed by atoms with Gasteiger partial charge in [0.15, 0.2) is 0 Å². The zero-order valence-electron chi connectivity index (χ0n) is 17.4. The number of primary amides is 1. The van der Waals surface area contributed by atoms with Gasteiger partial charge in [-0.1, -0.05) is 55.8 Å². The highest BCUT2D eigenvalue weighted by Gasteiger charge is 2.12. The molecule has 0 aliphatic rings. The maximum Gasteiger partial charge on any atom is 0.248 e. The summed E-state index contributed by atoms with van der Waals surface area (Å²) in [6.45, 7) is 2.15. The number of carbonyl (C=O) groups excluding carboxylic acids is 1. The third kappa shape index (κ3) is 4.80. The maximum absolute atomic E-state index is 11.3. The Morgan fingerprint density at radius 1 is 1.03 bits per heavy atom. The van der Waals surface area contributed by atoms with Gasteiger partial charge < -0.3 is 11.1 Å². The lowest BCUT2D eigenvalue weighted by atomic mass is 10.0. The van der Waals surface area contributed by atoms with Gasteiger partial charge in [-0.3, -0.25) is 9.36 Å². The number of pyridine rings is 1. The van der Waals surface area contributed by atoms with Crippen LogP contribution in [0.4, 0.5) is 5.69 Å². The van der Waals surface area contributed by atoms with Crippen molar-refractivity contribution in [2.45, 2.75) is 25.8 Å². The lowest BCUT2D eigenvalue weighted by molar-refractivity contribution is 0.100. The smallest absolute Gasteiger partial charge is 0.248 e. The van der Waals surface area contributed by atoms with Crippen LogP contribution in [0.1, 0.15) is 41.7 Å². The van der Waals surface area contributed by atoms with Crippen LogP contribution in [0.3, 0.4) is 0 Å². The predicted octanol–water partition coefficient (Wildman–Crippen LogP) is 4.99. The molecule has 0 aliphatic heterocycles. The van der Waals surface area contributed by atoms with Crippen LogP contribution in [0.15, 0.2) is 85.5 Å². The molecule has 4 aromatic rings. The highest BCUT2D eigenvalue weighted by Crippen LogP contribution is 2.25. The molecule has 2 aromatic heterocycles. The van der Waals surface area contributed by atoms with Gasteiger partial charge in [-0.05, 0) is 36.2 Å². The normalized spacial score (nSPS) is 11.8. The number of carbonyl (C=O) groups is 1. The maximum atomic E-state index is 11.3. The largest absolute Gasteiger partial charge is 0.377 e. The molecule has 0 radical (unpaired) electrons. The molecular formula is C25H25N5O. The molecule has 6 heteroatoms. The van der Waals surface area contributed by atoms with E-state index < -0.39 is 5.91 Å². The monoisotopic (exact) mass is 411 g/mol. The average Bonchev–Trinajstić information content (AvgIpc) is 3.30. The number of nitrogens with zero attached hydrogens (tertiary/aromatic N) is 3. The molecule has 1 atom stereocenters. The van der Waals surface area contributed by atoms with Crippen LogP contribution < -0.4 is 11.1 Å². The molecule has 1 amide bonds. The van der Waals surface area contributed by atoms with Gasteiger partial charge >= 0.3 is 0 Å². The zero-order valence-corrected chi connectivity index (χ0v) is 17.4. The van der Waals surface area contributed by atoms with Gasteiger partial charge in [0, 0.05) is 17.3 Å². The van der Waals surface area contributed by atoms with Crippen molar-refractivity contribution in [1.29, 1.82) is 0 Å². The Morgan fingerprint density at radius 3 is 2.45 bits per heavy atom. The van der Waals surface area contributed by atoms with Crippen LogP contribution in [0.2, 0.25) is 0 Å². The molecule has 4 rings (SSSR count). The Hall–Kier alpha value is -3.93. The summed E-state index contributed by atoms with van der Waals surface area (Å²) in [4.78, 5) is 20.4. The first-order valence-corrected chi connectivity index (χ1v) is 10.4. The number of imidazole rings is 1. The standard InChI is InChI=1S/C25H25N5O/c1-2-6-22(19-9-11-20(12-10-19)25(26)31)29-21-13-14-24(27-15-21)30-16-23(28-17-30)18-7-4-3-5-8-18/h3-5,7-17,22,29H,2,6H2,1H3,(H2,26,31). The van der Waals surface area contributed by atoms with Crippen molar-refractivity contribution < 1.29 is 4.79 Å². The van der Waals surface area contributed by atoms with Crippen LogP contribution in [0, 0.1) is 0 Å². The first kappa shape index (κ1) is 20.3. The van der Waals surface area contributed by atoms with Gasteiger partial charge in [-0.25, -0.2) is 9.97 Å². The van der Waals surface area contributed by atoms with E-state index in [1.165, 1.54) is 0 Å². The molecule has 0 saturated heterocycles. The number of hydrogen-bond donors (Lipinski definition) is 2. The number of rotatable bonds is 8. The van der Waals surface area contributed by atoms with E-state index in [4.69, 9.17) is 5.73 Å². The number of amides is 1. The Morgan fingerprint density at radius 2 is 1.81 bits per heavy atom. The number of anilines is 1. The zero-order chi connectivity index (χ0) is 21.6. The van der Waals surface area contributed by atoms with Crippen LogP contribution in [0.25, 0.3) is 17.1 Å². The van der Waals surface area contributed by atoms with E-state index in [0.29, 0.717) is 5.56 Å². The minimum Gasteiger partial charge on any atom is -0.377 e. The van der Waals surface area contributed by atoms with Crippen LogP contribution in [0.5, 0.6) is 0 Å². The lowest BCUT2D eigenvalue weighted by Gasteiger charge is -2.20.